The number of aliphatic hydroxyl groups is 1. The maximum atomic E-state index is 9.11. The molecule has 2 heteroatoms. The summed E-state index contributed by atoms with van der Waals surface area (Å²) >= 11 is 0. The van der Waals surface area contributed by atoms with Gasteiger partial charge in [0.1, 0.15) is 5.75 Å². The van der Waals surface area contributed by atoms with Gasteiger partial charge in [0.15, 0.2) is 0 Å². The molecule has 2 nitrogen and oxygen atoms in total. The second-order valence-electron chi connectivity index (χ2n) is 8.23. The number of aliphatic hydroxyl groups excluding tert-OH is 1. The molecule has 0 bridgehead atoms. The number of hydrogen-bond donors (Lipinski definition) is 1. The molecule has 162 valence electrons. The summed E-state index contributed by atoms with van der Waals surface area (Å²) in [6.45, 7) is 3.26. The molecular formula is C26H46O2. The topological polar surface area (TPSA) is 29.5 Å². The summed E-state index contributed by atoms with van der Waals surface area (Å²) in [5.41, 5.74) is 1.11. The highest BCUT2D eigenvalue weighted by Crippen LogP contribution is 2.19. The van der Waals surface area contributed by atoms with Crippen LogP contribution in [0.3, 0.4) is 0 Å². The molecule has 0 aliphatic rings. The second-order valence-corrected chi connectivity index (χ2v) is 8.23. The lowest BCUT2D eigenvalue weighted by Crippen LogP contribution is -2.01. The van der Waals surface area contributed by atoms with E-state index in [0.29, 0.717) is 6.42 Å². The summed E-state index contributed by atoms with van der Waals surface area (Å²) in [6, 6.07) is 8.06. The van der Waals surface area contributed by atoms with Gasteiger partial charge in [-0.1, -0.05) is 121 Å². The van der Waals surface area contributed by atoms with Gasteiger partial charge in [-0.25, -0.2) is 0 Å². The van der Waals surface area contributed by atoms with Gasteiger partial charge in [0.25, 0.3) is 0 Å². The number of unbranched alkanes of at least 4 members (excludes halogenated alkanes) is 15. The lowest BCUT2D eigenvalue weighted by Gasteiger charge is -2.10. The molecule has 1 aromatic carbocycles. The smallest absolute Gasteiger partial charge is 0.122 e. The van der Waals surface area contributed by atoms with Crippen molar-refractivity contribution in [3.05, 3.63) is 29.8 Å². The van der Waals surface area contributed by atoms with Crippen LogP contribution in [-0.2, 0) is 6.42 Å². The monoisotopic (exact) mass is 390 g/mol. The quantitative estimate of drug-likeness (QED) is 0.230. The largest absolute Gasteiger partial charge is 0.493 e. The van der Waals surface area contributed by atoms with Crippen molar-refractivity contribution in [1.82, 2.24) is 0 Å². The number of rotatable bonds is 20. The lowest BCUT2D eigenvalue weighted by atomic mass is 10.0. The van der Waals surface area contributed by atoms with Crippen LogP contribution in [0.2, 0.25) is 0 Å². The van der Waals surface area contributed by atoms with E-state index in [1.165, 1.54) is 96.3 Å². The number of ether oxygens (including phenoxy) is 1. The van der Waals surface area contributed by atoms with E-state index in [1.807, 2.05) is 24.3 Å². The fourth-order valence-electron chi connectivity index (χ4n) is 3.80. The first kappa shape index (κ1) is 25.0. The highest BCUT2D eigenvalue weighted by Gasteiger charge is 2.02. The van der Waals surface area contributed by atoms with E-state index in [1.54, 1.807) is 0 Å². The first-order valence-electron chi connectivity index (χ1n) is 12.2. The summed E-state index contributed by atoms with van der Waals surface area (Å²) in [4.78, 5) is 0. The van der Waals surface area contributed by atoms with Crippen LogP contribution in [0, 0.1) is 0 Å². The Morgan fingerprint density at radius 1 is 0.643 bits per heavy atom. The van der Waals surface area contributed by atoms with Gasteiger partial charge in [0.2, 0.25) is 0 Å². The molecule has 1 N–H and O–H groups in total. The van der Waals surface area contributed by atoms with Crippen molar-refractivity contribution >= 4 is 0 Å². The van der Waals surface area contributed by atoms with Gasteiger partial charge in [-0.05, 0) is 24.5 Å². The molecule has 0 aromatic heterocycles. The molecule has 0 heterocycles. The third-order valence-electron chi connectivity index (χ3n) is 5.61. The Kier molecular flexibility index (Phi) is 17.2. The van der Waals surface area contributed by atoms with Crippen molar-refractivity contribution in [3.8, 4) is 5.75 Å². The first-order chi connectivity index (χ1) is 13.9. The SMILES string of the molecule is CCCCCCCCCCCCCCCCCCOc1ccccc1CCO. The Hall–Kier alpha value is -1.02. The standard InChI is InChI=1S/C26H46O2/c1-2-3-4-5-6-7-8-9-10-11-12-13-14-15-16-19-24-28-26-21-18-17-20-25(26)22-23-27/h17-18,20-21,27H,2-16,19,22-24H2,1H3. The van der Waals surface area contributed by atoms with Crippen LogP contribution in [0.4, 0.5) is 0 Å². The fraction of sp³-hybridized carbons (Fsp3) is 0.769. The highest BCUT2D eigenvalue weighted by molar-refractivity contribution is 5.33. The van der Waals surface area contributed by atoms with Gasteiger partial charge >= 0.3 is 0 Å². The molecule has 0 amide bonds. The Balaban J connectivity index is 1.81. The van der Waals surface area contributed by atoms with Crippen molar-refractivity contribution in [3.63, 3.8) is 0 Å². The number of benzene rings is 1. The molecule has 0 aliphatic heterocycles. The van der Waals surface area contributed by atoms with Gasteiger partial charge in [-0.15, -0.1) is 0 Å². The zero-order chi connectivity index (χ0) is 20.1. The Morgan fingerprint density at radius 3 is 1.61 bits per heavy atom. The summed E-state index contributed by atoms with van der Waals surface area (Å²) in [6.07, 6.45) is 22.9. The van der Waals surface area contributed by atoms with Crippen LogP contribution >= 0.6 is 0 Å². The van der Waals surface area contributed by atoms with E-state index in [0.717, 1.165) is 24.3 Å². The van der Waals surface area contributed by atoms with Crippen molar-refractivity contribution in [1.29, 1.82) is 0 Å². The average Bonchev–Trinajstić information content (AvgIpc) is 2.71. The second kappa shape index (κ2) is 19.3. The molecular weight excluding hydrogens is 344 g/mol. The zero-order valence-corrected chi connectivity index (χ0v) is 18.6. The molecule has 28 heavy (non-hydrogen) atoms. The molecule has 0 fully saturated rings. The molecule has 0 saturated carbocycles. The van der Waals surface area contributed by atoms with E-state index in [4.69, 9.17) is 9.84 Å². The fourth-order valence-corrected chi connectivity index (χ4v) is 3.80. The maximum absolute atomic E-state index is 9.11. The first-order valence-corrected chi connectivity index (χ1v) is 12.2. The van der Waals surface area contributed by atoms with Crippen molar-refractivity contribution in [2.45, 2.75) is 116 Å². The van der Waals surface area contributed by atoms with Gasteiger partial charge in [0, 0.05) is 6.61 Å². The van der Waals surface area contributed by atoms with Gasteiger partial charge in [-0.3, -0.25) is 0 Å². The van der Waals surface area contributed by atoms with Crippen LogP contribution in [0.25, 0.3) is 0 Å². The van der Waals surface area contributed by atoms with Crippen LogP contribution in [0.5, 0.6) is 5.75 Å². The molecule has 0 spiro atoms. The van der Waals surface area contributed by atoms with Crippen molar-refractivity contribution < 1.29 is 9.84 Å². The highest BCUT2D eigenvalue weighted by atomic mass is 16.5. The predicted octanol–water partition coefficient (Wildman–Crippen LogP) is 7.86. The zero-order valence-electron chi connectivity index (χ0n) is 18.6. The minimum absolute atomic E-state index is 0.180. The van der Waals surface area contributed by atoms with Crippen LogP contribution in [0.1, 0.15) is 115 Å². The summed E-state index contributed by atoms with van der Waals surface area (Å²) < 4.78 is 5.90. The molecule has 0 unspecified atom stereocenters. The minimum Gasteiger partial charge on any atom is -0.493 e. The van der Waals surface area contributed by atoms with E-state index in [-0.39, 0.29) is 6.61 Å². The molecule has 1 rings (SSSR count). The minimum atomic E-state index is 0.180. The lowest BCUT2D eigenvalue weighted by molar-refractivity contribution is 0.284. The van der Waals surface area contributed by atoms with Crippen molar-refractivity contribution in [2.75, 3.05) is 13.2 Å². The van der Waals surface area contributed by atoms with Crippen molar-refractivity contribution in [2.24, 2.45) is 0 Å². The van der Waals surface area contributed by atoms with E-state index >= 15 is 0 Å². The molecule has 0 saturated heterocycles. The van der Waals surface area contributed by atoms with E-state index in [2.05, 4.69) is 6.92 Å². The van der Waals surface area contributed by atoms with Crippen LogP contribution in [-0.4, -0.2) is 18.3 Å². The number of hydrogen-bond acceptors (Lipinski definition) is 2. The van der Waals surface area contributed by atoms with Crippen LogP contribution in [0.15, 0.2) is 24.3 Å². The normalized spacial score (nSPS) is 11.1. The Labute approximate surface area is 175 Å². The summed E-state index contributed by atoms with van der Waals surface area (Å²) in [5, 5.41) is 9.11. The van der Waals surface area contributed by atoms with Crippen LogP contribution < -0.4 is 4.74 Å². The maximum Gasteiger partial charge on any atom is 0.122 e. The summed E-state index contributed by atoms with van der Waals surface area (Å²) in [7, 11) is 0. The average molecular weight is 391 g/mol. The third kappa shape index (κ3) is 14.0. The van der Waals surface area contributed by atoms with Gasteiger partial charge < -0.3 is 9.84 Å². The van der Waals surface area contributed by atoms with Gasteiger partial charge in [0.05, 0.1) is 6.61 Å². The van der Waals surface area contributed by atoms with E-state index < -0.39 is 0 Å². The Morgan fingerprint density at radius 2 is 1.11 bits per heavy atom. The van der Waals surface area contributed by atoms with E-state index in [9.17, 15) is 0 Å². The molecule has 0 atom stereocenters. The van der Waals surface area contributed by atoms with Gasteiger partial charge in [-0.2, -0.15) is 0 Å². The molecule has 0 aliphatic carbocycles. The predicted molar refractivity (Wildman–Crippen MR) is 122 cm³/mol. The summed E-state index contributed by atoms with van der Waals surface area (Å²) in [5.74, 6) is 0.942. The Bertz CT molecular complexity index is 444. The molecule has 1 aromatic rings. The third-order valence-corrected chi connectivity index (χ3v) is 5.61. The number of para-hydroxylation sites is 1. The molecule has 0 radical (unpaired) electrons.